The summed E-state index contributed by atoms with van der Waals surface area (Å²) in [5.74, 6) is 3.50. The molecular formula is C30H36N6O3. The maximum Gasteiger partial charge on any atom is 0.184 e. The highest BCUT2D eigenvalue weighted by Crippen LogP contribution is 2.36. The topological polar surface area (TPSA) is 87.4 Å². The molecule has 0 amide bonds. The lowest BCUT2D eigenvalue weighted by molar-refractivity contribution is 0.286. The molecule has 39 heavy (non-hydrogen) atoms. The first kappa shape index (κ1) is 26.5. The molecule has 1 aliphatic carbocycles. The van der Waals surface area contributed by atoms with Crippen molar-refractivity contribution >= 4 is 17.0 Å². The summed E-state index contributed by atoms with van der Waals surface area (Å²) in [6.45, 7) is 7.13. The summed E-state index contributed by atoms with van der Waals surface area (Å²) in [7, 11) is 5.01. The number of methoxy groups -OCH3 is 3. The summed E-state index contributed by atoms with van der Waals surface area (Å²) in [6.07, 6.45) is 8.02. The normalized spacial score (nSPS) is 17.1. The predicted octanol–water partition coefficient (Wildman–Crippen LogP) is 5.68. The number of aryl methyl sites for hydroxylation is 1. The summed E-state index contributed by atoms with van der Waals surface area (Å²) >= 11 is 0. The number of aromatic nitrogens is 5. The number of benzene rings is 2. The number of nitrogens with zero attached hydrogens (tertiary/aromatic N) is 6. The van der Waals surface area contributed by atoms with Crippen LogP contribution in [0.1, 0.15) is 48.4 Å². The van der Waals surface area contributed by atoms with Gasteiger partial charge in [0.15, 0.2) is 17.0 Å². The SMILES string of the molecule is C=CC1CCCC(n2nnc3c(N(Cc4ccc(C)cc4OC)Cc4ccc(OC)cc4OC)ncnc32)C1. The molecular weight excluding hydrogens is 492 g/mol. The minimum atomic E-state index is 0.238. The van der Waals surface area contributed by atoms with E-state index in [0.717, 1.165) is 58.8 Å². The average Bonchev–Trinajstić information content (AvgIpc) is 3.42. The Balaban J connectivity index is 1.57. The molecule has 0 bridgehead atoms. The Bertz CT molecular complexity index is 1450. The van der Waals surface area contributed by atoms with E-state index >= 15 is 0 Å². The molecule has 0 saturated heterocycles. The van der Waals surface area contributed by atoms with Crippen LogP contribution in [0.3, 0.4) is 0 Å². The zero-order chi connectivity index (χ0) is 27.4. The highest BCUT2D eigenvalue weighted by atomic mass is 16.5. The van der Waals surface area contributed by atoms with E-state index in [2.05, 4.69) is 51.9 Å². The Morgan fingerprint density at radius 1 is 0.974 bits per heavy atom. The van der Waals surface area contributed by atoms with Crippen LogP contribution < -0.4 is 19.1 Å². The molecule has 2 aromatic heterocycles. The molecule has 204 valence electrons. The van der Waals surface area contributed by atoms with E-state index in [9.17, 15) is 0 Å². The lowest BCUT2D eigenvalue weighted by Gasteiger charge is -2.27. The second kappa shape index (κ2) is 11.7. The van der Waals surface area contributed by atoms with E-state index in [-0.39, 0.29) is 6.04 Å². The summed E-state index contributed by atoms with van der Waals surface area (Å²) < 4.78 is 18.9. The third kappa shape index (κ3) is 5.53. The van der Waals surface area contributed by atoms with Gasteiger partial charge in [-0.25, -0.2) is 14.6 Å². The van der Waals surface area contributed by atoms with Crippen molar-refractivity contribution in [3.8, 4) is 17.2 Å². The Kier molecular flexibility index (Phi) is 7.95. The van der Waals surface area contributed by atoms with E-state index in [0.29, 0.717) is 30.3 Å². The first-order valence-electron chi connectivity index (χ1n) is 13.3. The Labute approximate surface area is 229 Å². The number of allylic oxidation sites excluding steroid dienone is 1. The summed E-state index contributed by atoms with van der Waals surface area (Å²) in [5.41, 5.74) is 4.59. The Hall–Kier alpha value is -4.14. The van der Waals surface area contributed by atoms with Crippen LogP contribution in [0.5, 0.6) is 17.2 Å². The molecule has 5 rings (SSSR count). The molecule has 9 heteroatoms. The smallest absolute Gasteiger partial charge is 0.184 e. The lowest BCUT2D eigenvalue weighted by Crippen LogP contribution is -2.24. The van der Waals surface area contributed by atoms with Crippen LogP contribution in [0.4, 0.5) is 5.82 Å². The van der Waals surface area contributed by atoms with Gasteiger partial charge in [-0.15, -0.1) is 11.7 Å². The quantitative estimate of drug-likeness (QED) is 0.243. The van der Waals surface area contributed by atoms with Crippen molar-refractivity contribution in [3.05, 3.63) is 72.1 Å². The number of hydrogen-bond donors (Lipinski definition) is 0. The van der Waals surface area contributed by atoms with E-state index < -0.39 is 0 Å². The van der Waals surface area contributed by atoms with Crippen molar-refractivity contribution in [2.24, 2.45) is 5.92 Å². The number of hydrogen-bond acceptors (Lipinski definition) is 8. The van der Waals surface area contributed by atoms with E-state index in [1.54, 1.807) is 27.7 Å². The molecule has 0 aliphatic heterocycles. The van der Waals surface area contributed by atoms with Gasteiger partial charge in [0, 0.05) is 30.3 Å². The second-order valence-corrected chi connectivity index (χ2v) is 10.1. The largest absolute Gasteiger partial charge is 0.497 e. The number of ether oxygens (including phenoxy) is 3. The summed E-state index contributed by atoms with van der Waals surface area (Å²) in [6, 6.07) is 12.3. The molecule has 2 atom stereocenters. The fourth-order valence-corrected chi connectivity index (χ4v) is 5.45. The summed E-state index contributed by atoms with van der Waals surface area (Å²) in [4.78, 5) is 11.5. The molecule has 9 nitrogen and oxygen atoms in total. The van der Waals surface area contributed by atoms with Gasteiger partial charge >= 0.3 is 0 Å². The van der Waals surface area contributed by atoms with Gasteiger partial charge < -0.3 is 19.1 Å². The van der Waals surface area contributed by atoms with Gasteiger partial charge in [0.05, 0.1) is 27.4 Å². The van der Waals surface area contributed by atoms with Crippen LogP contribution in [-0.4, -0.2) is 46.3 Å². The van der Waals surface area contributed by atoms with Crippen LogP contribution in [0.25, 0.3) is 11.2 Å². The van der Waals surface area contributed by atoms with Crippen molar-refractivity contribution in [3.63, 3.8) is 0 Å². The highest BCUT2D eigenvalue weighted by molar-refractivity contribution is 5.82. The van der Waals surface area contributed by atoms with Crippen LogP contribution in [0, 0.1) is 12.8 Å². The van der Waals surface area contributed by atoms with Gasteiger partial charge in [-0.3, -0.25) is 0 Å². The van der Waals surface area contributed by atoms with Gasteiger partial charge in [0.1, 0.15) is 23.6 Å². The standard InChI is InChI=1S/C30H36N6O3/c1-6-21-8-7-9-24(15-21)36-30-28(33-34-36)29(31-19-32-30)35(17-22-11-10-20(2)14-26(22)38-4)18-23-12-13-25(37-3)16-27(23)39-5/h6,10-14,16,19,21,24H,1,7-9,15,17-18H2,2-5H3. The Morgan fingerprint density at radius 2 is 1.72 bits per heavy atom. The fourth-order valence-electron chi connectivity index (χ4n) is 5.45. The molecule has 4 aromatic rings. The third-order valence-corrected chi connectivity index (χ3v) is 7.57. The lowest BCUT2D eigenvalue weighted by atomic mass is 9.86. The minimum Gasteiger partial charge on any atom is -0.497 e. The van der Waals surface area contributed by atoms with Crippen LogP contribution in [-0.2, 0) is 13.1 Å². The van der Waals surface area contributed by atoms with Crippen molar-refractivity contribution in [2.45, 2.75) is 51.7 Å². The zero-order valence-corrected chi connectivity index (χ0v) is 23.1. The van der Waals surface area contributed by atoms with Gasteiger partial charge in [-0.1, -0.05) is 29.8 Å². The fraction of sp³-hybridized carbons (Fsp3) is 0.400. The molecule has 2 aromatic carbocycles. The molecule has 0 radical (unpaired) electrons. The van der Waals surface area contributed by atoms with Crippen LogP contribution >= 0.6 is 0 Å². The van der Waals surface area contributed by atoms with Crippen LogP contribution in [0.2, 0.25) is 0 Å². The van der Waals surface area contributed by atoms with Gasteiger partial charge in [0.2, 0.25) is 0 Å². The molecule has 1 saturated carbocycles. The molecule has 1 fully saturated rings. The highest BCUT2D eigenvalue weighted by Gasteiger charge is 2.27. The number of fused-ring (bicyclic) bond motifs is 1. The maximum atomic E-state index is 5.74. The van der Waals surface area contributed by atoms with E-state index in [1.807, 2.05) is 28.9 Å². The molecule has 2 unspecified atom stereocenters. The Morgan fingerprint density at radius 3 is 2.44 bits per heavy atom. The predicted molar refractivity (Wildman–Crippen MR) is 151 cm³/mol. The molecule has 2 heterocycles. The van der Waals surface area contributed by atoms with Crippen molar-refractivity contribution < 1.29 is 14.2 Å². The maximum absolute atomic E-state index is 5.74. The van der Waals surface area contributed by atoms with E-state index in [4.69, 9.17) is 19.2 Å². The first-order valence-corrected chi connectivity index (χ1v) is 13.3. The van der Waals surface area contributed by atoms with Crippen LogP contribution in [0.15, 0.2) is 55.4 Å². The van der Waals surface area contributed by atoms with Crippen molar-refractivity contribution in [1.29, 1.82) is 0 Å². The summed E-state index contributed by atoms with van der Waals surface area (Å²) in [5, 5.41) is 9.20. The van der Waals surface area contributed by atoms with Crippen molar-refractivity contribution in [2.75, 3.05) is 26.2 Å². The molecule has 0 N–H and O–H groups in total. The number of rotatable bonds is 10. The average molecular weight is 529 g/mol. The van der Waals surface area contributed by atoms with Crippen molar-refractivity contribution in [1.82, 2.24) is 25.0 Å². The zero-order valence-electron chi connectivity index (χ0n) is 23.1. The van der Waals surface area contributed by atoms with Gasteiger partial charge in [0.25, 0.3) is 0 Å². The monoisotopic (exact) mass is 528 g/mol. The molecule has 0 spiro atoms. The first-order chi connectivity index (χ1) is 19.0. The third-order valence-electron chi connectivity index (χ3n) is 7.57. The minimum absolute atomic E-state index is 0.238. The van der Waals surface area contributed by atoms with E-state index in [1.165, 1.54) is 6.42 Å². The van der Waals surface area contributed by atoms with Gasteiger partial charge in [-0.05, 0) is 55.9 Å². The molecule has 1 aliphatic rings. The second-order valence-electron chi connectivity index (χ2n) is 10.1. The van der Waals surface area contributed by atoms with Gasteiger partial charge in [-0.2, -0.15) is 0 Å². The number of anilines is 1.